The van der Waals surface area contributed by atoms with E-state index < -0.39 is 0 Å². The topological polar surface area (TPSA) is 52.6 Å². The second-order valence-electron chi connectivity index (χ2n) is 4.77. The van der Waals surface area contributed by atoms with Crippen LogP contribution in [-0.4, -0.2) is 48.2 Å². The average Bonchev–Trinajstić information content (AvgIpc) is 2.28. The number of rotatable bonds is 4. The number of likely N-dealkylation sites (N-methyl/N-ethyl adjacent to an activating group) is 1. The highest BCUT2D eigenvalue weighted by molar-refractivity contribution is 5.76. The van der Waals surface area contributed by atoms with Crippen LogP contribution in [0.2, 0.25) is 0 Å². The lowest BCUT2D eigenvalue weighted by Crippen LogP contribution is -2.52. The molecule has 1 heterocycles. The molecule has 3 atom stereocenters. The predicted octanol–water partition coefficient (Wildman–Crippen LogP) is 0.604. The van der Waals surface area contributed by atoms with Gasteiger partial charge >= 0.3 is 0 Å². The van der Waals surface area contributed by atoms with E-state index in [9.17, 15) is 9.90 Å². The Hall–Kier alpha value is -0.610. The van der Waals surface area contributed by atoms with Gasteiger partial charge in [0.15, 0.2) is 0 Å². The summed E-state index contributed by atoms with van der Waals surface area (Å²) in [6.45, 7) is 5.31. The zero-order valence-corrected chi connectivity index (χ0v) is 10.6. The summed E-state index contributed by atoms with van der Waals surface area (Å²) in [6.07, 6.45) is 2.11. The smallest absolute Gasteiger partial charge is 0.222 e. The van der Waals surface area contributed by atoms with Gasteiger partial charge in [-0.05, 0) is 26.8 Å². The molecule has 0 aromatic carbocycles. The first kappa shape index (κ1) is 13.5. The maximum atomic E-state index is 11.8. The van der Waals surface area contributed by atoms with E-state index in [1.54, 1.807) is 0 Å². The first-order valence-electron chi connectivity index (χ1n) is 6.21. The third-order valence-corrected chi connectivity index (χ3v) is 3.39. The van der Waals surface area contributed by atoms with Crippen LogP contribution in [0.25, 0.3) is 0 Å². The number of piperidine rings is 1. The molecule has 0 aromatic rings. The fraction of sp³-hybridized carbons (Fsp3) is 0.917. The fourth-order valence-corrected chi connectivity index (χ4v) is 2.27. The van der Waals surface area contributed by atoms with E-state index in [-0.39, 0.29) is 17.9 Å². The summed E-state index contributed by atoms with van der Waals surface area (Å²) in [6, 6.07) is 0.314. The molecule has 1 aliphatic rings. The summed E-state index contributed by atoms with van der Waals surface area (Å²) in [5, 5.41) is 12.9. The largest absolute Gasteiger partial charge is 0.393 e. The fourth-order valence-electron chi connectivity index (χ4n) is 2.27. The van der Waals surface area contributed by atoms with Gasteiger partial charge in [0.25, 0.3) is 0 Å². The SMILES string of the molecule is CCCC(=O)N1CC(NC)CC(C(C)O)C1. The molecule has 1 rings (SSSR count). The van der Waals surface area contributed by atoms with E-state index in [1.807, 2.05) is 25.8 Å². The second kappa shape index (κ2) is 6.21. The lowest BCUT2D eigenvalue weighted by atomic mass is 9.90. The van der Waals surface area contributed by atoms with Crippen LogP contribution in [0.3, 0.4) is 0 Å². The Morgan fingerprint density at radius 3 is 2.75 bits per heavy atom. The van der Waals surface area contributed by atoms with Crippen LogP contribution < -0.4 is 5.32 Å². The van der Waals surface area contributed by atoms with Gasteiger partial charge in [-0.25, -0.2) is 0 Å². The summed E-state index contributed by atoms with van der Waals surface area (Å²) in [5.74, 6) is 0.417. The number of aliphatic hydroxyl groups excluding tert-OH is 1. The maximum Gasteiger partial charge on any atom is 0.222 e. The minimum Gasteiger partial charge on any atom is -0.393 e. The summed E-state index contributed by atoms with van der Waals surface area (Å²) in [7, 11) is 1.91. The summed E-state index contributed by atoms with van der Waals surface area (Å²) in [4.78, 5) is 13.7. The molecular formula is C12H24N2O2. The van der Waals surface area contributed by atoms with Gasteiger partial charge in [0.2, 0.25) is 5.91 Å². The highest BCUT2D eigenvalue weighted by atomic mass is 16.3. The highest BCUT2D eigenvalue weighted by Gasteiger charge is 2.30. The van der Waals surface area contributed by atoms with Crippen molar-refractivity contribution in [2.45, 2.75) is 45.3 Å². The van der Waals surface area contributed by atoms with Crippen LogP contribution in [0.4, 0.5) is 0 Å². The van der Waals surface area contributed by atoms with Crippen molar-refractivity contribution < 1.29 is 9.90 Å². The number of carbonyl (C=O) groups is 1. The van der Waals surface area contributed by atoms with Crippen molar-refractivity contribution in [1.29, 1.82) is 0 Å². The Balaban J connectivity index is 2.60. The van der Waals surface area contributed by atoms with Gasteiger partial charge < -0.3 is 15.3 Å². The molecule has 0 radical (unpaired) electrons. The zero-order valence-electron chi connectivity index (χ0n) is 10.6. The lowest BCUT2D eigenvalue weighted by molar-refractivity contribution is -0.134. The van der Waals surface area contributed by atoms with Crippen molar-refractivity contribution in [2.75, 3.05) is 20.1 Å². The third-order valence-electron chi connectivity index (χ3n) is 3.39. The molecule has 4 heteroatoms. The molecule has 1 amide bonds. The molecule has 94 valence electrons. The minimum absolute atomic E-state index is 0.201. The zero-order chi connectivity index (χ0) is 12.1. The quantitative estimate of drug-likeness (QED) is 0.741. The van der Waals surface area contributed by atoms with Crippen molar-refractivity contribution in [1.82, 2.24) is 10.2 Å². The van der Waals surface area contributed by atoms with Gasteiger partial charge in [0, 0.05) is 31.5 Å². The lowest BCUT2D eigenvalue weighted by Gasteiger charge is -2.39. The maximum absolute atomic E-state index is 11.8. The van der Waals surface area contributed by atoms with E-state index in [0.29, 0.717) is 19.0 Å². The summed E-state index contributed by atoms with van der Waals surface area (Å²) < 4.78 is 0. The first-order valence-corrected chi connectivity index (χ1v) is 6.21. The number of aliphatic hydroxyl groups is 1. The molecule has 1 saturated heterocycles. The van der Waals surface area contributed by atoms with E-state index in [4.69, 9.17) is 0 Å². The van der Waals surface area contributed by atoms with Crippen molar-refractivity contribution in [2.24, 2.45) is 5.92 Å². The molecule has 1 fully saturated rings. The van der Waals surface area contributed by atoms with E-state index in [2.05, 4.69) is 5.32 Å². The Bertz CT molecular complexity index is 231. The van der Waals surface area contributed by atoms with Crippen LogP contribution in [0.1, 0.15) is 33.1 Å². The Morgan fingerprint density at radius 2 is 2.25 bits per heavy atom. The molecule has 16 heavy (non-hydrogen) atoms. The van der Waals surface area contributed by atoms with Crippen molar-refractivity contribution in [3.05, 3.63) is 0 Å². The molecule has 1 aliphatic heterocycles. The van der Waals surface area contributed by atoms with Crippen molar-refractivity contribution in [3.8, 4) is 0 Å². The number of nitrogens with zero attached hydrogens (tertiary/aromatic N) is 1. The Kier molecular flexibility index (Phi) is 5.22. The number of hydrogen-bond acceptors (Lipinski definition) is 3. The van der Waals surface area contributed by atoms with Gasteiger partial charge in [-0.1, -0.05) is 6.92 Å². The predicted molar refractivity (Wildman–Crippen MR) is 64.1 cm³/mol. The standard InChI is InChI=1S/C12H24N2O2/c1-4-5-12(16)14-7-10(9(2)15)6-11(8-14)13-3/h9-11,13,15H,4-8H2,1-3H3. The van der Waals surface area contributed by atoms with Crippen LogP contribution in [0, 0.1) is 5.92 Å². The molecule has 3 unspecified atom stereocenters. The highest BCUT2D eigenvalue weighted by Crippen LogP contribution is 2.20. The van der Waals surface area contributed by atoms with E-state index in [1.165, 1.54) is 0 Å². The normalized spacial score (nSPS) is 27.9. The molecule has 4 nitrogen and oxygen atoms in total. The van der Waals surface area contributed by atoms with Gasteiger partial charge in [0.1, 0.15) is 0 Å². The van der Waals surface area contributed by atoms with Crippen LogP contribution in [0.5, 0.6) is 0 Å². The van der Waals surface area contributed by atoms with Gasteiger partial charge in [-0.15, -0.1) is 0 Å². The van der Waals surface area contributed by atoms with Crippen LogP contribution >= 0.6 is 0 Å². The number of likely N-dealkylation sites (tertiary alicyclic amines) is 1. The molecular weight excluding hydrogens is 204 g/mol. The molecule has 0 saturated carbocycles. The summed E-state index contributed by atoms with van der Waals surface area (Å²) >= 11 is 0. The van der Waals surface area contributed by atoms with Crippen molar-refractivity contribution in [3.63, 3.8) is 0 Å². The first-order chi connectivity index (χ1) is 7.58. The van der Waals surface area contributed by atoms with E-state index >= 15 is 0 Å². The monoisotopic (exact) mass is 228 g/mol. The van der Waals surface area contributed by atoms with Gasteiger partial charge in [-0.2, -0.15) is 0 Å². The molecule has 0 spiro atoms. The summed E-state index contributed by atoms with van der Waals surface area (Å²) in [5.41, 5.74) is 0. The number of nitrogens with one attached hydrogen (secondary N) is 1. The van der Waals surface area contributed by atoms with Crippen LogP contribution in [0.15, 0.2) is 0 Å². The Labute approximate surface area is 98.0 Å². The minimum atomic E-state index is -0.340. The number of hydrogen-bond donors (Lipinski definition) is 2. The van der Waals surface area contributed by atoms with Crippen molar-refractivity contribution >= 4 is 5.91 Å². The van der Waals surface area contributed by atoms with Gasteiger partial charge in [0.05, 0.1) is 6.10 Å². The van der Waals surface area contributed by atoms with Gasteiger partial charge in [-0.3, -0.25) is 4.79 Å². The number of carbonyl (C=O) groups excluding carboxylic acids is 1. The van der Waals surface area contributed by atoms with Crippen LogP contribution in [-0.2, 0) is 4.79 Å². The van der Waals surface area contributed by atoms with E-state index in [0.717, 1.165) is 19.4 Å². The Morgan fingerprint density at radius 1 is 1.56 bits per heavy atom. The molecule has 0 aromatic heterocycles. The second-order valence-corrected chi connectivity index (χ2v) is 4.77. The molecule has 0 aliphatic carbocycles. The molecule has 0 bridgehead atoms. The average molecular weight is 228 g/mol. The molecule has 2 N–H and O–H groups in total. The number of amides is 1. The third kappa shape index (κ3) is 3.46.